The van der Waals surface area contributed by atoms with Crippen molar-refractivity contribution in [1.82, 2.24) is 10.2 Å². The lowest BCUT2D eigenvalue weighted by Gasteiger charge is -2.33. The van der Waals surface area contributed by atoms with Crippen molar-refractivity contribution in [3.05, 3.63) is 83.9 Å². The molecule has 8 nitrogen and oxygen atoms in total. The number of nitrogens with one attached hydrogen (secondary N) is 1. The summed E-state index contributed by atoms with van der Waals surface area (Å²) in [5, 5.41) is 24.1. The van der Waals surface area contributed by atoms with Gasteiger partial charge >= 0.3 is 0 Å². The summed E-state index contributed by atoms with van der Waals surface area (Å²) < 4.78 is 16.1. The lowest BCUT2D eigenvalue weighted by molar-refractivity contribution is -0.127. The van der Waals surface area contributed by atoms with Crippen molar-refractivity contribution in [2.75, 3.05) is 40.5 Å². The predicted octanol–water partition coefficient (Wildman–Crippen LogP) is 5.39. The molecule has 1 unspecified atom stereocenters. The zero-order valence-electron chi connectivity index (χ0n) is 26.1. The second-order valence-electron chi connectivity index (χ2n) is 11.7. The number of phenolic OH excluding ortho intramolecular Hbond substituents is 1. The normalized spacial score (nSPS) is 14.7. The van der Waals surface area contributed by atoms with Gasteiger partial charge in [-0.1, -0.05) is 60.7 Å². The van der Waals surface area contributed by atoms with Crippen molar-refractivity contribution in [1.29, 1.82) is 0 Å². The minimum absolute atomic E-state index is 0.0117. The number of phenols is 1. The highest BCUT2D eigenvalue weighted by atomic mass is 16.5. The van der Waals surface area contributed by atoms with Gasteiger partial charge in [-0.25, -0.2) is 0 Å². The van der Waals surface area contributed by atoms with E-state index >= 15 is 0 Å². The van der Waals surface area contributed by atoms with Crippen molar-refractivity contribution in [2.45, 2.75) is 63.5 Å². The molecule has 4 rings (SSSR count). The molecule has 1 atom stereocenters. The van der Waals surface area contributed by atoms with Gasteiger partial charge in [0, 0.05) is 30.6 Å². The molecule has 3 N–H and O–H groups in total. The van der Waals surface area contributed by atoms with Crippen LogP contribution in [0.5, 0.6) is 23.0 Å². The molecule has 8 heteroatoms. The Morgan fingerprint density at radius 3 is 1.91 bits per heavy atom. The number of benzene rings is 3. The first-order valence-electron chi connectivity index (χ1n) is 15.8. The second-order valence-corrected chi connectivity index (χ2v) is 11.7. The number of nitrogens with zero attached hydrogens (tertiary/aromatic N) is 1. The number of methoxy groups -OCH3 is 2. The number of piperidine rings is 1. The first-order valence-corrected chi connectivity index (χ1v) is 15.8. The molecular formula is C36H48N2O6. The van der Waals surface area contributed by atoms with Crippen molar-refractivity contribution in [3.8, 4) is 23.0 Å². The molecule has 238 valence electrons. The molecule has 1 saturated heterocycles. The Labute approximate surface area is 262 Å². The van der Waals surface area contributed by atoms with Gasteiger partial charge in [0.05, 0.1) is 14.2 Å². The summed E-state index contributed by atoms with van der Waals surface area (Å²) in [7, 11) is 2.91. The van der Waals surface area contributed by atoms with Crippen molar-refractivity contribution in [3.63, 3.8) is 0 Å². The average Bonchev–Trinajstić information content (AvgIpc) is 3.05. The summed E-state index contributed by atoms with van der Waals surface area (Å²) in [4.78, 5) is 15.5. The Morgan fingerprint density at radius 2 is 1.41 bits per heavy atom. The quantitative estimate of drug-likeness (QED) is 0.190. The standard InChI is InChI=1S/C36H48N2O6/c1-42-33-23-32(24-34(43-2)35(33)40)44-26-31(39)25-38-21-19-29(20-22-38)36(41)37-30(17-9-15-27-11-5-3-6-12-27)18-10-16-28-13-7-4-8-14-28/h3-8,11-14,23-24,29-31,39-40H,9-10,15-22,25-26H2,1-2H3,(H,37,41). The van der Waals surface area contributed by atoms with Gasteiger partial charge in [0.25, 0.3) is 0 Å². The van der Waals surface area contributed by atoms with Crippen LogP contribution in [0.2, 0.25) is 0 Å². The number of hydrogen-bond donors (Lipinski definition) is 3. The van der Waals surface area contributed by atoms with Crippen molar-refractivity contribution < 1.29 is 29.2 Å². The molecule has 3 aromatic rings. The zero-order valence-corrected chi connectivity index (χ0v) is 26.1. The van der Waals surface area contributed by atoms with E-state index in [0.717, 1.165) is 64.5 Å². The van der Waals surface area contributed by atoms with E-state index in [2.05, 4.69) is 58.7 Å². The predicted molar refractivity (Wildman–Crippen MR) is 173 cm³/mol. The molecular weight excluding hydrogens is 556 g/mol. The number of β-amino-alcohol motifs (C(OH)–C–C–N with tert-alkyl or cyclic N) is 1. The molecule has 0 spiro atoms. The SMILES string of the molecule is COc1cc(OCC(O)CN2CCC(C(=O)NC(CCCc3ccccc3)CCCc3ccccc3)CC2)cc(OC)c1O. The number of likely N-dealkylation sites (tertiary alicyclic amines) is 1. The molecule has 0 aromatic heterocycles. The number of carbonyl (C=O) groups is 1. The third-order valence-electron chi connectivity index (χ3n) is 8.39. The highest BCUT2D eigenvalue weighted by Crippen LogP contribution is 2.39. The topological polar surface area (TPSA) is 100 Å². The lowest BCUT2D eigenvalue weighted by Crippen LogP contribution is -2.46. The summed E-state index contributed by atoms with van der Waals surface area (Å²) in [5.74, 6) is 0.969. The number of aryl methyl sites for hydroxylation is 2. The number of aliphatic hydroxyl groups is 1. The Bertz CT molecular complexity index is 1190. The van der Waals surface area contributed by atoms with Gasteiger partial charge in [0.2, 0.25) is 11.7 Å². The summed E-state index contributed by atoms with van der Waals surface area (Å²) in [6.45, 7) is 2.05. The average molecular weight is 605 g/mol. The van der Waals surface area contributed by atoms with Gasteiger partial charge in [-0.3, -0.25) is 4.79 Å². The molecule has 1 aliphatic heterocycles. The molecule has 0 bridgehead atoms. The van der Waals surface area contributed by atoms with Gasteiger partial charge < -0.3 is 34.6 Å². The fraction of sp³-hybridized carbons (Fsp3) is 0.472. The molecule has 0 radical (unpaired) electrons. The maximum atomic E-state index is 13.4. The van der Waals surface area contributed by atoms with E-state index < -0.39 is 6.10 Å². The van der Waals surface area contributed by atoms with Crippen LogP contribution in [0.4, 0.5) is 0 Å². The summed E-state index contributed by atoms with van der Waals surface area (Å²) in [5.41, 5.74) is 2.67. The smallest absolute Gasteiger partial charge is 0.223 e. The van der Waals surface area contributed by atoms with Crippen LogP contribution in [0.1, 0.15) is 49.7 Å². The maximum absolute atomic E-state index is 13.4. The Morgan fingerprint density at radius 1 is 0.886 bits per heavy atom. The van der Waals surface area contributed by atoms with Crippen LogP contribution in [0.25, 0.3) is 0 Å². The number of aromatic hydroxyl groups is 1. The van der Waals surface area contributed by atoms with Crippen LogP contribution in [0.15, 0.2) is 72.8 Å². The number of rotatable bonds is 17. The molecule has 1 heterocycles. The van der Waals surface area contributed by atoms with E-state index in [-0.39, 0.29) is 41.7 Å². The van der Waals surface area contributed by atoms with Crippen LogP contribution >= 0.6 is 0 Å². The second kappa shape index (κ2) is 17.5. The number of aliphatic hydroxyl groups excluding tert-OH is 1. The van der Waals surface area contributed by atoms with E-state index in [4.69, 9.17) is 14.2 Å². The van der Waals surface area contributed by atoms with E-state index in [1.807, 2.05) is 12.1 Å². The number of ether oxygens (including phenoxy) is 3. The largest absolute Gasteiger partial charge is 0.502 e. The third-order valence-corrected chi connectivity index (χ3v) is 8.39. The number of amides is 1. The van der Waals surface area contributed by atoms with Gasteiger partial charge in [0.15, 0.2) is 11.5 Å². The van der Waals surface area contributed by atoms with Gasteiger partial charge in [-0.05, 0) is 75.6 Å². The van der Waals surface area contributed by atoms with Crippen molar-refractivity contribution >= 4 is 5.91 Å². The number of carbonyl (C=O) groups excluding carboxylic acids is 1. The van der Waals surface area contributed by atoms with Crippen LogP contribution in [0.3, 0.4) is 0 Å². The van der Waals surface area contributed by atoms with E-state index in [9.17, 15) is 15.0 Å². The maximum Gasteiger partial charge on any atom is 0.223 e. The Hall–Kier alpha value is -3.75. The number of hydrogen-bond acceptors (Lipinski definition) is 7. The van der Waals surface area contributed by atoms with Crippen LogP contribution < -0.4 is 19.5 Å². The summed E-state index contributed by atoms with van der Waals surface area (Å²) in [6, 6.07) is 24.4. The molecule has 1 aliphatic rings. The highest BCUT2D eigenvalue weighted by molar-refractivity contribution is 5.79. The summed E-state index contributed by atoms with van der Waals surface area (Å²) >= 11 is 0. The molecule has 44 heavy (non-hydrogen) atoms. The van der Waals surface area contributed by atoms with E-state index in [0.29, 0.717) is 12.3 Å². The van der Waals surface area contributed by atoms with Gasteiger partial charge in [-0.2, -0.15) is 0 Å². The molecule has 1 amide bonds. The van der Waals surface area contributed by atoms with E-state index in [1.165, 1.54) is 25.3 Å². The van der Waals surface area contributed by atoms with Crippen LogP contribution in [-0.2, 0) is 17.6 Å². The fourth-order valence-electron chi connectivity index (χ4n) is 5.88. The third kappa shape index (κ3) is 10.5. The minimum atomic E-state index is -0.704. The fourth-order valence-corrected chi connectivity index (χ4v) is 5.88. The van der Waals surface area contributed by atoms with Crippen LogP contribution in [-0.4, -0.2) is 73.6 Å². The lowest BCUT2D eigenvalue weighted by atomic mass is 9.94. The highest BCUT2D eigenvalue weighted by Gasteiger charge is 2.27. The van der Waals surface area contributed by atoms with Crippen molar-refractivity contribution in [2.24, 2.45) is 5.92 Å². The molecule has 0 aliphatic carbocycles. The van der Waals surface area contributed by atoms with Gasteiger partial charge in [-0.15, -0.1) is 0 Å². The molecule has 0 saturated carbocycles. The Balaban J connectivity index is 1.21. The molecule has 3 aromatic carbocycles. The Kier molecular flexibility index (Phi) is 13.2. The van der Waals surface area contributed by atoms with Gasteiger partial charge in [0.1, 0.15) is 18.5 Å². The van der Waals surface area contributed by atoms with Crippen LogP contribution in [0, 0.1) is 5.92 Å². The van der Waals surface area contributed by atoms with E-state index in [1.54, 1.807) is 12.1 Å². The zero-order chi connectivity index (χ0) is 31.1. The first kappa shape index (κ1) is 33.1. The first-order chi connectivity index (χ1) is 21.4. The molecule has 1 fully saturated rings. The summed E-state index contributed by atoms with van der Waals surface area (Å²) in [6.07, 6.45) is 6.90. The minimum Gasteiger partial charge on any atom is -0.502 e. The monoisotopic (exact) mass is 604 g/mol.